The Morgan fingerprint density at radius 3 is 2.89 bits per heavy atom. The summed E-state index contributed by atoms with van der Waals surface area (Å²) in [6, 6.07) is 7.45. The number of anilines is 1. The second-order valence-electron chi connectivity index (χ2n) is 5.85. The van der Waals surface area contributed by atoms with Gasteiger partial charge in [0.1, 0.15) is 0 Å². The van der Waals surface area contributed by atoms with Crippen LogP contribution in [0, 0.1) is 0 Å². The largest absolute Gasteiger partial charge is 0.369 e. The summed E-state index contributed by atoms with van der Waals surface area (Å²) in [6.07, 6.45) is 6.26. The maximum absolute atomic E-state index is 6.00. The van der Waals surface area contributed by atoms with E-state index in [9.17, 15) is 0 Å². The molecule has 0 amide bonds. The molecule has 1 aliphatic heterocycles. The summed E-state index contributed by atoms with van der Waals surface area (Å²) in [7, 11) is 0. The number of hydrogen-bond acceptors (Lipinski definition) is 2. The Morgan fingerprint density at radius 1 is 1.37 bits per heavy atom. The molecule has 3 heteroatoms. The van der Waals surface area contributed by atoms with Crippen LogP contribution in [0.1, 0.15) is 45.1 Å². The van der Waals surface area contributed by atoms with Crippen molar-refractivity contribution in [2.75, 3.05) is 11.4 Å². The number of benzene rings is 1. The zero-order valence-corrected chi connectivity index (χ0v) is 13.6. The van der Waals surface area contributed by atoms with Gasteiger partial charge in [-0.2, -0.15) is 0 Å². The topological polar surface area (TPSA) is 29.3 Å². The number of halogens is 1. The van der Waals surface area contributed by atoms with E-state index in [2.05, 4.69) is 52.9 Å². The lowest BCUT2D eigenvalue weighted by molar-refractivity contribution is 0.612. The molecule has 2 nitrogen and oxygen atoms in total. The summed E-state index contributed by atoms with van der Waals surface area (Å²) in [6.45, 7) is 5.60. The molecule has 1 fully saturated rings. The van der Waals surface area contributed by atoms with E-state index in [-0.39, 0.29) is 6.04 Å². The molecule has 1 aliphatic rings. The van der Waals surface area contributed by atoms with Crippen LogP contribution in [0.5, 0.6) is 0 Å². The van der Waals surface area contributed by atoms with Gasteiger partial charge in [-0.25, -0.2) is 0 Å². The first-order chi connectivity index (χ1) is 9.08. The molecule has 2 unspecified atom stereocenters. The van der Waals surface area contributed by atoms with Gasteiger partial charge < -0.3 is 10.6 Å². The van der Waals surface area contributed by atoms with Crippen LogP contribution in [0.3, 0.4) is 0 Å². The molecule has 106 valence electrons. The predicted molar refractivity (Wildman–Crippen MR) is 86.8 cm³/mol. The third-order valence-electron chi connectivity index (χ3n) is 3.95. The molecule has 0 bridgehead atoms. The summed E-state index contributed by atoms with van der Waals surface area (Å²) >= 11 is 3.61. The van der Waals surface area contributed by atoms with Crippen molar-refractivity contribution in [3.8, 4) is 0 Å². The molecule has 0 saturated carbocycles. The fourth-order valence-electron chi connectivity index (χ4n) is 2.96. The Balaban J connectivity index is 2.32. The summed E-state index contributed by atoms with van der Waals surface area (Å²) in [5.41, 5.74) is 8.75. The van der Waals surface area contributed by atoms with Crippen molar-refractivity contribution in [1.82, 2.24) is 0 Å². The van der Waals surface area contributed by atoms with E-state index in [1.165, 1.54) is 43.5 Å². The van der Waals surface area contributed by atoms with Gasteiger partial charge >= 0.3 is 0 Å². The molecule has 1 heterocycles. The Kier molecular flexibility index (Phi) is 5.28. The van der Waals surface area contributed by atoms with Crippen molar-refractivity contribution in [1.29, 1.82) is 0 Å². The van der Waals surface area contributed by atoms with Crippen molar-refractivity contribution in [3.63, 3.8) is 0 Å². The number of nitrogens with two attached hydrogens (primary N) is 1. The van der Waals surface area contributed by atoms with E-state index in [0.29, 0.717) is 6.04 Å². The van der Waals surface area contributed by atoms with E-state index in [4.69, 9.17) is 5.73 Å². The Labute approximate surface area is 125 Å². The van der Waals surface area contributed by atoms with Crippen LogP contribution < -0.4 is 10.6 Å². The highest BCUT2D eigenvalue weighted by Crippen LogP contribution is 2.30. The van der Waals surface area contributed by atoms with Crippen LogP contribution in [-0.4, -0.2) is 18.6 Å². The zero-order valence-electron chi connectivity index (χ0n) is 12.0. The van der Waals surface area contributed by atoms with Crippen LogP contribution in [0.2, 0.25) is 0 Å². The number of rotatable bonds is 3. The Bertz CT molecular complexity index is 417. The minimum atomic E-state index is 0.210. The molecule has 2 rings (SSSR count). The number of hydrogen-bond donors (Lipinski definition) is 1. The summed E-state index contributed by atoms with van der Waals surface area (Å²) < 4.78 is 1.16. The molecule has 2 atom stereocenters. The first-order valence-corrected chi connectivity index (χ1v) is 8.18. The second-order valence-corrected chi connectivity index (χ2v) is 6.76. The standard InChI is InChI=1S/C16H25BrN2/c1-12(18)10-14-7-8-15(17)11-16(14)19-9-5-3-4-6-13(19)2/h7-8,11-13H,3-6,9-10,18H2,1-2H3. The van der Waals surface area contributed by atoms with Gasteiger partial charge in [0.2, 0.25) is 0 Å². The van der Waals surface area contributed by atoms with Gasteiger partial charge in [-0.3, -0.25) is 0 Å². The summed E-state index contributed by atoms with van der Waals surface area (Å²) in [5.74, 6) is 0. The second kappa shape index (κ2) is 6.76. The monoisotopic (exact) mass is 324 g/mol. The molecule has 0 aliphatic carbocycles. The smallest absolute Gasteiger partial charge is 0.0413 e. The lowest BCUT2D eigenvalue weighted by Crippen LogP contribution is -2.33. The van der Waals surface area contributed by atoms with E-state index in [1.807, 2.05) is 0 Å². The normalized spacial score (nSPS) is 22.1. The average molecular weight is 325 g/mol. The Hall–Kier alpha value is -0.540. The van der Waals surface area contributed by atoms with Crippen LogP contribution in [-0.2, 0) is 6.42 Å². The quantitative estimate of drug-likeness (QED) is 0.906. The molecule has 1 aromatic rings. The van der Waals surface area contributed by atoms with Crippen molar-refractivity contribution in [3.05, 3.63) is 28.2 Å². The molecule has 1 saturated heterocycles. The average Bonchev–Trinajstić information content (AvgIpc) is 2.56. The van der Waals surface area contributed by atoms with Crippen LogP contribution in [0.4, 0.5) is 5.69 Å². The van der Waals surface area contributed by atoms with E-state index >= 15 is 0 Å². The third-order valence-corrected chi connectivity index (χ3v) is 4.44. The molecule has 0 aromatic heterocycles. The molecule has 2 N–H and O–H groups in total. The molecule has 19 heavy (non-hydrogen) atoms. The van der Waals surface area contributed by atoms with Gasteiger partial charge in [0.25, 0.3) is 0 Å². The third kappa shape index (κ3) is 3.96. The molecule has 0 spiro atoms. The molecule has 1 aromatic carbocycles. The summed E-state index contributed by atoms with van der Waals surface area (Å²) in [4.78, 5) is 2.58. The maximum atomic E-state index is 6.00. The first kappa shape index (κ1) is 14.9. The highest BCUT2D eigenvalue weighted by atomic mass is 79.9. The fraction of sp³-hybridized carbons (Fsp3) is 0.625. The van der Waals surface area contributed by atoms with Crippen LogP contribution in [0.15, 0.2) is 22.7 Å². The molecule has 0 radical (unpaired) electrons. The number of nitrogens with zero attached hydrogens (tertiary/aromatic N) is 1. The fourth-order valence-corrected chi connectivity index (χ4v) is 3.31. The van der Waals surface area contributed by atoms with E-state index in [0.717, 1.165) is 10.9 Å². The van der Waals surface area contributed by atoms with Crippen molar-refractivity contribution in [2.45, 2.75) is 58.0 Å². The maximum Gasteiger partial charge on any atom is 0.0413 e. The van der Waals surface area contributed by atoms with Gasteiger partial charge in [-0.15, -0.1) is 0 Å². The highest BCUT2D eigenvalue weighted by Gasteiger charge is 2.20. The van der Waals surface area contributed by atoms with Crippen molar-refractivity contribution in [2.24, 2.45) is 5.73 Å². The predicted octanol–water partition coefficient (Wildman–Crippen LogP) is 4.11. The molecular weight excluding hydrogens is 300 g/mol. The lowest BCUT2D eigenvalue weighted by Gasteiger charge is -2.32. The van der Waals surface area contributed by atoms with Crippen molar-refractivity contribution < 1.29 is 0 Å². The van der Waals surface area contributed by atoms with E-state index in [1.54, 1.807) is 0 Å². The van der Waals surface area contributed by atoms with Gasteiger partial charge in [0, 0.05) is 28.8 Å². The first-order valence-electron chi connectivity index (χ1n) is 7.38. The van der Waals surface area contributed by atoms with Crippen molar-refractivity contribution >= 4 is 21.6 Å². The summed E-state index contributed by atoms with van der Waals surface area (Å²) in [5, 5.41) is 0. The minimum Gasteiger partial charge on any atom is -0.369 e. The van der Waals surface area contributed by atoms with Gasteiger partial charge in [0.15, 0.2) is 0 Å². The van der Waals surface area contributed by atoms with Crippen LogP contribution in [0.25, 0.3) is 0 Å². The minimum absolute atomic E-state index is 0.210. The van der Waals surface area contributed by atoms with Gasteiger partial charge in [-0.05, 0) is 50.8 Å². The van der Waals surface area contributed by atoms with Gasteiger partial charge in [-0.1, -0.05) is 34.8 Å². The van der Waals surface area contributed by atoms with Gasteiger partial charge in [0.05, 0.1) is 0 Å². The van der Waals surface area contributed by atoms with E-state index < -0.39 is 0 Å². The Morgan fingerprint density at radius 2 is 2.16 bits per heavy atom. The zero-order chi connectivity index (χ0) is 13.8. The highest BCUT2D eigenvalue weighted by molar-refractivity contribution is 9.10. The molecular formula is C16H25BrN2. The van der Waals surface area contributed by atoms with Crippen LogP contribution >= 0.6 is 15.9 Å². The lowest BCUT2D eigenvalue weighted by atomic mass is 10.0. The SMILES string of the molecule is CC(N)Cc1ccc(Br)cc1N1CCCCCC1C.